The van der Waals surface area contributed by atoms with E-state index in [0.29, 0.717) is 10.7 Å². The van der Waals surface area contributed by atoms with Gasteiger partial charge < -0.3 is 5.32 Å². The first-order chi connectivity index (χ1) is 8.84. The van der Waals surface area contributed by atoms with Crippen molar-refractivity contribution in [1.29, 1.82) is 0 Å². The zero-order valence-electron chi connectivity index (χ0n) is 9.79. The van der Waals surface area contributed by atoms with Crippen molar-refractivity contribution in [2.24, 2.45) is 0 Å². The second-order valence-corrected chi connectivity index (χ2v) is 4.28. The summed E-state index contributed by atoms with van der Waals surface area (Å²) >= 11 is 5.72. The third kappa shape index (κ3) is 3.57. The summed E-state index contributed by atoms with van der Waals surface area (Å²) in [5, 5.41) is 3.24. The molecule has 1 aromatic heterocycles. The van der Waals surface area contributed by atoms with E-state index < -0.39 is 11.9 Å². The predicted molar refractivity (Wildman–Crippen MR) is 66.5 cm³/mol. The van der Waals surface area contributed by atoms with Crippen LogP contribution in [-0.2, 0) is 6.18 Å². The standard InChI is InChI=1S/C12H9ClF3N3/c1-7-6-10(12(14,15)16)19-11(17-7)18-9-4-2-8(13)3-5-9/h2-6H,1H3,(H,17,18,19). The van der Waals surface area contributed by atoms with Gasteiger partial charge in [0.2, 0.25) is 5.95 Å². The zero-order chi connectivity index (χ0) is 14.0. The van der Waals surface area contributed by atoms with E-state index in [4.69, 9.17) is 11.6 Å². The van der Waals surface area contributed by atoms with Crippen LogP contribution < -0.4 is 5.32 Å². The Balaban J connectivity index is 2.30. The minimum absolute atomic E-state index is 0.102. The maximum Gasteiger partial charge on any atom is 0.433 e. The zero-order valence-corrected chi connectivity index (χ0v) is 10.5. The number of hydrogen-bond donors (Lipinski definition) is 1. The van der Waals surface area contributed by atoms with Gasteiger partial charge in [0.05, 0.1) is 0 Å². The number of anilines is 2. The largest absolute Gasteiger partial charge is 0.433 e. The van der Waals surface area contributed by atoms with Crippen molar-refractivity contribution in [2.45, 2.75) is 13.1 Å². The van der Waals surface area contributed by atoms with Crippen LogP contribution in [0, 0.1) is 6.92 Å². The van der Waals surface area contributed by atoms with E-state index in [1.165, 1.54) is 6.92 Å². The molecule has 2 rings (SSSR count). The van der Waals surface area contributed by atoms with E-state index in [0.717, 1.165) is 6.07 Å². The van der Waals surface area contributed by atoms with Gasteiger partial charge in [0, 0.05) is 16.4 Å². The first-order valence-electron chi connectivity index (χ1n) is 5.30. The van der Waals surface area contributed by atoms with Gasteiger partial charge in [0.15, 0.2) is 0 Å². The minimum Gasteiger partial charge on any atom is -0.324 e. The van der Waals surface area contributed by atoms with Crippen molar-refractivity contribution in [3.63, 3.8) is 0 Å². The van der Waals surface area contributed by atoms with Crippen molar-refractivity contribution in [3.8, 4) is 0 Å². The lowest BCUT2D eigenvalue weighted by molar-refractivity contribution is -0.141. The van der Waals surface area contributed by atoms with Crippen LogP contribution in [0.3, 0.4) is 0 Å². The number of aryl methyl sites for hydroxylation is 1. The molecule has 100 valence electrons. The molecule has 0 saturated heterocycles. The van der Waals surface area contributed by atoms with Crippen LogP contribution in [0.5, 0.6) is 0 Å². The van der Waals surface area contributed by atoms with Crippen molar-refractivity contribution < 1.29 is 13.2 Å². The van der Waals surface area contributed by atoms with E-state index in [1.807, 2.05) is 0 Å². The summed E-state index contributed by atoms with van der Waals surface area (Å²) < 4.78 is 37.8. The lowest BCUT2D eigenvalue weighted by atomic mass is 10.3. The quantitative estimate of drug-likeness (QED) is 0.899. The van der Waals surface area contributed by atoms with Gasteiger partial charge in [-0.2, -0.15) is 13.2 Å². The summed E-state index contributed by atoms with van der Waals surface area (Å²) in [6.45, 7) is 1.48. The molecule has 1 heterocycles. The number of hydrogen-bond acceptors (Lipinski definition) is 3. The topological polar surface area (TPSA) is 37.8 Å². The molecule has 0 amide bonds. The molecule has 1 N–H and O–H groups in total. The highest BCUT2D eigenvalue weighted by molar-refractivity contribution is 6.30. The predicted octanol–water partition coefficient (Wildman–Crippen LogP) is 4.20. The molecule has 0 atom stereocenters. The number of alkyl halides is 3. The van der Waals surface area contributed by atoms with E-state index in [1.54, 1.807) is 24.3 Å². The van der Waals surface area contributed by atoms with Crippen LogP contribution >= 0.6 is 11.6 Å². The van der Waals surface area contributed by atoms with Crippen LogP contribution in [0.1, 0.15) is 11.4 Å². The first-order valence-corrected chi connectivity index (χ1v) is 5.68. The molecular formula is C12H9ClF3N3. The molecule has 19 heavy (non-hydrogen) atoms. The SMILES string of the molecule is Cc1cc(C(F)(F)F)nc(Nc2ccc(Cl)cc2)n1. The van der Waals surface area contributed by atoms with Crippen LogP contribution in [-0.4, -0.2) is 9.97 Å². The highest BCUT2D eigenvalue weighted by atomic mass is 35.5. The van der Waals surface area contributed by atoms with Gasteiger partial charge >= 0.3 is 6.18 Å². The molecule has 0 radical (unpaired) electrons. The molecule has 0 aliphatic heterocycles. The number of benzene rings is 1. The van der Waals surface area contributed by atoms with Crippen LogP contribution in [0.25, 0.3) is 0 Å². The van der Waals surface area contributed by atoms with Crippen molar-refractivity contribution >= 4 is 23.2 Å². The fourth-order valence-corrected chi connectivity index (χ4v) is 1.56. The molecule has 0 fully saturated rings. The molecule has 7 heteroatoms. The molecule has 0 unspecified atom stereocenters. The summed E-state index contributed by atoms with van der Waals surface area (Å²) in [6, 6.07) is 7.38. The Hall–Kier alpha value is -1.82. The van der Waals surface area contributed by atoms with Crippen LogP contribution in [0.2, 0.25) is 5.02 Å². The van der Waals surface area contributed by atoms with Crippen molar-refractivity contribution in [2.75, 3.05) is 5.32 Å². The second-order valence-electron chi connectivity index (χ2n) is 3.85. The molecule has 0 aliphatic rings. The fourth-order valence-electron chi connectivity index (χ4n) is 1.43. The molecule has 0 aliphatic carbocycles. The smallest absolute Gasteiger partial charge is 0.324 e. The summed E-state index contributed by atoms with van der Waals surface area (Å²) in [5.74, 6) is -0.102. The average molecular weight is 288 g/mol. The molecule has 0 spiro atoms. The summed E-state index contributed by atoms with van der Waals surface area (Å²) in [4.78, 5) is 7.35. The van der Waals surface area contributed by atoms with Gasteiger partial charge in [-0.1, -0.05) is 11.6 Å². The van der Waals surface area contributed by atoms with Crippen molar-refractivity contribution in [3.05, 3.63) is 46.7 Å². The lowest BCUT2D eigenvalue weighted by Crippen LogP contribution is -2.11. The molecule has 3 nitrogen and oxygen atoms in total. The maximum absolute atomic E-state index is 12.6. The highest BCUT2D eigenvalue weighted by Gasteiger charge is 2.33. The third-order valence-electron chi connectivity index (χ3n) is 2.25. The van der Waals surface area contributed by atoms with Crippen LogP contribution in [0.4, 0.5) is 24.8 Å². The summed E-state index contributed by atoms with van der Waals surface area (Å²) in [5.41, 5.74) is -0.182. The van der Waals surface area contributed by atoms with Gasteiger partial charge in [-0.25, -0.2) is 9.97 Å². The lowest BCUT2D eigenvalue weighted by Gasteiger charge is -2.10. The normalized spacial score (nSPS) is 11.4. The van der Waals surface area contributed by atoms with Gasteiger partial charge in [0.25, 0.3) is 0 Å². The number of nitrogens with zero attached hydrogens (tertiary/aromatic N) is 2. The first kappa shape index (κ1) is 13.6. The van der Waals surface area contributed by atoms with E-state index in [9.17, 15) is 13.2 Å². The Labute approximate surface area is 112 Å². The van der Waals surface area contributed by atoms with Gasteiger partial charge in [-0.3, -0.25) is 0 Å². The van der Waals surface area contributed by atoms with Gasteiger partial charge in [-0.05, 0) is 37.3 Å². The van der Waals surface area contributed by atoms with E-state index >= 15 is 0 Å². The van der Waals surface area contributed by atoms with Crippen molar-refractivity contribution in [1.82, 2.24) is 9.97 Å². The fraction of sp³-hybridized carbons (Fsp3) is 0.167. The molecular weight excluding hydrogens is 279 g/mol. The Morgan fingerprint density at radius 2 is 1.74 bits per heavy atom. The average Bonchev–Trinajstić information content (AvgIpc) is 2.30. The highest BCUT2D eigenvalue weighted by Crippen LogP contribution is 2.29. The Kier molecular flexibility index (Phi) is 3.61. The third-order valence-corrected chi connectivity index (χ3v) is 2.50. The monoisotopic (exact) mass is 287 g/mol. The van der Waals surface area contributed by atoms with Crippen LogP contribution in [0.15, 0.2) is 30.3 Å². The molecule has 0 bridgehead atoms. The summed E-state index contributed by atoms with van der Waals surface area (Å²) in [7, 11) is 0. The number of aromatic nitrogens is 2. The molecule has 0 saturated carbocycles. The Bertz CT molecular complexity index is 582. The van der Waals surface area contributed by atoms with E-state index in [-0.39, 0.29) is 11.6 Å². The Morgan fingerprint density at radius 1 is 1.11 bits per heavy atom. The number of rotatable bonds is 2. The molecule has 1 aromatic carbocycles. The molecule has 2 aromatic rings. The van der Waals surface area contributed by atoms with E-state index in [2.05, 4.69) is 15.3 Å². The Morgan fingerprint density at radius 3 is 2.32 bits per heavy atom. The van der Waals surface area contributed by atoms with Gasteiger partial charge in [-0.15, -0.1) is 0 Å². The second kappa shape index (κ2) is 5.05. The van der Waals surface area contributed by atoms with Gasteiger partial charge in [0.1, 0.15) is 5.69 Å². The number of halogens is 4. The summed E-state index contributed by atoms with van der Waals surface area (Å²) in [6.07, 6.45) is -4.50. The number of nitrogens with one attached hydrogen (secondary N) is 1. The maximum atomic E-state index is 12.6. The minimum atomic E-state index is -4.50.